The minimum absolute atomic E-state index is 0.00523. The van der Waals surface area contributed by atoms with Crippen molar-refractivity contribution in [3.63, 3.8) is 0 Å². The minimum atomic E-state index is -0.00523. The molecule has 0 unspecified atom stereocenters. The largest absolute Gasteiger partial charge is 0.497 e. The van der Waals surface area contributed by atoms with Gasteiger partial charge in [-0.05, 0) is 68.0 Å². The fourth-order valence-electron chi connectivity index (χ4n) is 3.95. The van der Waals surface area contributed by atoms with Gasteiger partial charge in [0.15, 0.2) is 5.11 Å². The second-order valence-electron chi connectivity index (χ2n) is 7.54. The number of nitrogens with zero attached hydrogens (tertiary/aromatic N) is 3. The van der Waals surface area contributed by atoms with Gasteiger partial charge in [-0.25, -0.2) is 0 Å². The highest BCUT2D eigenvalue weighted by Gasteiger charge is 2.41. The number of aromatic nitrogens is 2. The third-order valence-corrected chi connectivity index (χ3v) is 5.73. The molecule has 2 aromatic heterocycles. The number of rotatable bonds is 6. The van der Waals surface area contributed by atoms with Gasteiger partial charge in [0.1, 0.15) is 5.75 Å². The Labute approximate surface area is 177 Å². The first-order valence-electron chi connectivity index (χ1n) is 9.86. The lowest BCUT2D eigenvalue weighted by molar-refractivity contribution is 0.293. The van der Waals surface area contributed by atoms with Crippen molar-refractivity contribution in [2.24, 2.45) is 0 Å². The first-order valence-corrected chi connectivity index (χ1v) is 10.3. The molecule has 0 radical (unpaired) electrons. The highest BCUT2D eigenvalue weighted by Crippen LogP contribution is 2.40. The van der Waals surface area contributed by atoms with Crippen molar-refractivity contribution in [2.75, 3.05) is 7.11 Å². The molecule has 1 fully saturated rings. The third-order valence-electron chi connectivity index (χ3n) is 5.38. The highest BCUT2D eigenvalue weighted by molar-refractivity contribution is 7.80. The molecule has 0 amide bonds. The average molecular weight is 407 g/mol. The van der Waals surface area contributed by atoms with Gasteiger partial charge < -0.3 is 19.5 Å². The van der Waals surface area contributed by atoms with E-state index < -0.39 is 0 Å². The summed E-state index contributed by atoms with van der Waals surface area (Å²) in [4.78, 5) is 6.89. The van der Waals surface area contributed by atoms with E-state index in [0.29, 0.717) is 12.6 Å². The van der Waals surface area contributed by atoms with E-state index in [0.717, 1.165) is 16.6 Å². The molecule has 1 aliphatic rings. The molecule has 1 aliphatic heterocycles. The normalized spacial score (nSPS) is 18.9. The summed E-state index contributed by atoms with van der Waals surface area (Å²) in [5, 5.41) is 4.27. The van der Waals surface area contributed by atoms with Crippen molar-refractivity contribution in [2.45, 2.75) is 38.5 Å². The maximum atomic E-state index is 5.78. The first kappa shape index (κ1) is 19.5. The van der Waals surface area contributed by atoms with Crippen LogP contribution in [0.4, 0.5) is 0 Å². The van der Waals surface area contributed by atoms with Crippen LogP contribution in [0, 0.1) is 0 Å². The van der Waals surface area contributed by atoms with Gasteiger partial charge in [0.05, 0.1) is 24.9 Å². The Morgan fingerprint density at radius 1 is 1.10 bits per heavy atom. The maximum Gasteiger partial charge on any atom is 0.170 e. The average Bonchev–Trinajstić information content (AvgIpc) is 3.34. The molecule has 0 bridgehead atoms. The minimum Gasteiger partial charge on any atom is -0.497 e. The summed E-state index contributed by atoms with van der Waals surface area (Å²) in [7, 11) is 1.68. The van der Waals surface area contributed by atoms with Crippen LogP contribution in [-0.4, -0.2) is 26.7 Å². The van der Waals surface area contributed by atoms with E-state index in [1.165, 1.54) is 11.3 Å². The number of thiocarbonyl (C=S) groups is 1. The predicted molar refractivity (Wildman–Crippen MR) is 119 cm³/mol. The number of benzene rings is 1. The van der Waals surface area contributed by atoms with E-state index in [1.807, 2.05) is 30.5 Å². The number of hydrogen-bond acceptors (Lipinski definition) is 3. The Morgan fingerprint density at radius 3 is 2.55 bits per heavy atom. The molecule has 3 heterocycles. The van der Waals surface area contributed by atoms with Gasteiger partial charge in [-0.3, -0.25) is 4.98 Å². The van der Waals surface area contributed by atoms with Crippen molar-refractivity contribution < 1.29 is 4.74 Å². The van der Waals surface area contributed by atoms with Gasteiger partial charge in [-0.1, -0.05) is 18.2 Å². The van der Waals surface area contributed by atoms with Crippen LogP contribution in [0.15, 0.2) is 67.0 Å². The second kappa shape index (κ2) is 8.25. The van der Waals surface area contributed by atoms with Crippen LogP contribution < -0.4 is 10.1 Å². The quantitative estimate of drug-likeness (QED) is 0.604. The molecule has 0 aliphatic carbocycles. The Balaban J connectivity index is 1.73. The summed E-state index contributed by atoms with van der Waals surface area (Å²) in [5.41, 5.74) is 3.41. The van der Waals surface area contributed by atoms with Gasteiger partial charge in [0, 0.05) is 30.7 Å². The molecule has 2 atom stereocenters. The van der Waals surface area contributed by atoms with Crippen LogP contribution in [0.2, 0.25) is 0 Å². The number of nitrogens with one attached hydrogen (secondary N) is 1. The number of ether oxygens (including phenoxy) is 1. The van der Waals surface area contributed by atoms with Crippen LogP contribution in [0.3, 0.4) is 0 Å². The van der Waals surface area contributed by atoms with Crippen LogP contribution in [0.25, 0.3) is 0 Å². The van der Waals surface area contributed by atoms with E-state index in [2.05, 4.69) is 70.1 Å². The van der Waals surface area contributed by atoms with Gasteiger partial charge in [0.2, 0.25) is 0 Å². The van der Waals surface area contributed by atoms with E-state index in [-0.39, 0.29) is 12.1 Å². The molecule has 3 aromatic rings. The van der Waals surface area contributed by atoms with Crippen molar-refractivity contribution >= 4 is 17.3 Å². The van der Waals surface area contributed by atoms with Crippen LogP contribution >= 0.6 is 12.2 Å². The van der Waals surface area contributed by atoms with Gasteiger partial charge in [-0.2, -0.15) is 0 Å². The summed E-state index contributed by atoms with van der Waals surface area (Å²) < 4.78 is 7.61. The molecule has 150 valence electrons. The smallest absolute Gasteiger partial charge is 0.170 e. The Bertz CT molecular complexity index is 968. The number of hydrogen-bond donors (Lipinski definition) is 1. The van der Waals surface area contributed by atoms with E-state index in [1.54, 1.807) is 7.11 Å². The fourth-order valence-corrected chi connectivity index (χ4v) is 4.26. The van der Waals surface area contributed by atoms with Crippen molar-refractivity contribution in [3.8, 4) is 5.75 Å². The second-order valence-corrected chi connectivity index (χ2v) is 7.92. The SMILES string of the molecule is COc1ccc(CN2C(=S)N[C@@H](c3ccccn3)[C@H]2c2cccn2C(C)C)cc1. The summed E-state index contributed by atoms with van der Waals surface area (Å²) >= 11 is 5.78. The topological polar surface area (TPSA) is 42.3 Å². The fraction of sp³-hybridized carbons (Fsp3) is 0.304. The summed E-state index contributed by atoms with van der Waals surface area (Å²) in [6.45, 7) is 5.12. The molecule has 0 saturated carbocycles. The zero-order chi connectivity index (χ0) is 20.4. The van der Waals surface area contributed by atoms with Gasteiger partial charge in [0.25, 0.3) is 0 Å². The predicted octanol–water partition coefficient (Wildman–Crippen LogP) is 4.65. The molecule has 0 spiro atoms. The van der Waals surface area contributed by atoms with Gasteiger partial charge >= 0.3 is 0 Å². The van der Waals surface area contributed by atoms with Gasteiger partial charge in [-0.15, -0.1) is 0 Å². The zero-order valence-corrected chi connectivity index (χ0v) is 17.8. The molecule has 1 N–H and O–H groups in total. The lowest BCUT2D eigenvalue weighted by atomic mass is 10.0. The van der Waals surface area contributed by atoms with Crippen molar-refractivity contribution in [1.29, 1.82) is 0 Å². The summed E-state index contributed by atoms with van der Waals surface area (Å²) in [6, 6.07) is 18.9. The Kier molecular flexibility index (Phi) is 5.53. The Hall–Kier alpha value is -2.86. The monoisotopic (exact) mass is 406 g/mol. The summed E-state index contributed by atoms with van der Waals surface area (Å²) in [6.07, 6.45) is 3.98. The first-order chi connectivity index (χ1) is 14.1. The molecule has 5 nitrogen and oxygen atoms in total. The third kappa shape index (κ3) is 3.85. The Morgan fingerprint density at radius 2 is 1.90 bits per heavy atom. The lowest BCUT2D eigenvalue weighted by Crippen LogP contribution is -2.30. The van der Waals surface area contributed by atoms with Crippen molar-refractivity contribution in [3.05, 3.63) is 83.9 Å². The van der Waals surface area contributed by atoms with E-state index in [4.69, 9.17) is 17.0 Å². The number of methoxy groups -OCH3 is 1. The molecule has 1 aromatic carbocycles. The molecular formula is C23H26N4OS. The summed E-state index contributed by atoms with van der Waals surface area (Å²) in [5.74, 6) is 0.854. The van der Waals surface area contributed by atoms with Crippen LogP contribution in [-0.2, 0) is 6.54 Å². The van der Waals surface area contributed by atoms with Crippen LogP contribution in [0.5, 0.6) is 5.75 Å². The highest BCUT2D eigenvalue weighted by atomic mass is 32.1. The zero-order valence-electron chi connectivity index (χ0n) is 16.9. The van der Waals surface area contributed by atoms with Crippen molar-refractivity contribution in [1.82, 2.24) is 19.8 Å². The lowest BCUT2D eigenvalue weighted by Gasteiger charge is -2.30. The van der Waals surface area contributed by atoms with Crippen LogP contribution in [0.1, 0.15) is 48.9 Å². The molecule has 29 heavy (non-hydrogen) atoms. The molecule has 4 rings (SSSR count). The molecule has 6 heteroatoms. The van der Waals surface area contributed by atoms with E-state index >= 15 is 0 Å². The standard InChI is InChI=1S/C23H26N4OS/c1-16(2)26-14-6-8-20(26)22-21(19-7-4-5-13-24-19)25-23(29)27(22)15-17-9-11-18(28-3)12-10-17/h4-14,16,21-22H,15H2,1-3H3,(H,25,29)/t21-,22+/m0/s1. The molecular weight excluding hydrogens is 380 g/mol. The number of pyridine rings is 1. The molecule has 1 saturated heterocycles. The van der Waals surface area contributed by atoms with E-state index in [9.17, 15) is 0 Å². The maximum absolute atomic E-state index is 5.78.